The molecule has 0 aromatic heterocycles. The van der Waals surface area contributed by atoms with Crippen molar-refractivity contribution in [2.24, 2.45) is 0 Å². The predicted molar refractivity (Wildman–Crippen MR) is 78.4 cm³/mol. The van der Waals surface area contributed by atoms with E-state index in [0.717, 1.165) is 24.3 Å². The van der Waals surface area contributed by atoms with Gasteiger partial charge in [-0.25, -0.2) is 0 Å². The average Bonchev–Trinajstić information content (AvgIpc) is 2.55. The minimum Gasteiger partial charge on any atom is -0.868 e. The fourth-order valence-corrected chi connectivity index (χ4v) is 1.52. The smallest absolute Gasteiger partial charge is 0.868 e. The first-order valence-electron chi connectivity index (χ1n) is 6.24. The van der Waals surface area contributed by atoms with Gasteiger partial charge in [0.25, 0.3) is 22.7 Å². The monoisotopic (exact) mass is 429 g/mol. The first-order chi connectivity index (χ1) is 12.0. The molecule has 0 N–H and O–H groups in total. The fourth-order valence-electron chi connectivity index (χ4n) is 1.52. The maximum atomic E-state index is 10.8. The number of non-ortho nitro benzene ring substituents is 2. The molecule has 0 unspecified atom stereocenters. The van der Waals surface area contributed by atoms with Gasteiger partial charge in [0.1, 0.15) is 0 Å². The Morgan fingerprint density at radius 2 is 0.852 bits per heavy atom. The molecule has 2 aromatic carbocycles. The van der Waals surface area contributed by atoms with Gasteiger partial charge in [-0.15, -0.1) is 0 Å². The molecule has 2 rings (SSSR count). The molecule has 145 valence electrons. The van der Waals surface area contributed by atoms with Crippen LogP contribution in [0, 0.1) is 40.5 Å². The van der Waals surface area contributed by atoms with Crippen molar-refractivity contribution in [2.75, 3.05) is 0 Å². The van der Waals surface area contributed by atoms with Crippen LogP contribution in [0.4, 0.5) is 22.7 Å². The van der Waals surface area contributed by atoms with Gasteiger partial charge in [0, 0.05) is 12.1 Å². The van der Waals surface area contributed by atoms with Crippen molar-refractivity contribution in [3.63, 3.8) is 0 Å². The van der Waals surface area contributed by atoms with Crippen LogP contribution in [0.3, 0.4) is 0 Å². The van der Waals surface area contributed by atoms with Crippen molar-refractivity contribution >= 4 is 22.7 Å². The van der Waals surface area contributed by atoms with Gasteiger partial charge in [0.15, 0.2) is 0 Å². The summed E-state index contributed by atoms with van der Waals surface area (Å²) >= 11 is 0. The van der Waals surface area contributed by atoms with Crippen molar-refractivity contribution in [1.29, 1.82) is 0 Å². The van der Waals surface area contributed by atoms with Crippen molar-refractivity contribution in [2.45, 2.75) is 0 Å². The number of nitro groups is 4. The quantitative estimate of drug-likeness (QED) is 0.383. The van der Waals surface area contributed by atoms with Crippen LogP contribution in [0.2, 0.25) is 0 Å². The summed E-state index contributed by atoms with van der Waals surface area (Å²) in [5.74, 6) is -1.67. The van der Waals surface area contributed by atoms with Crippen LogP contribution in [0.25, 0.3) is 0 Å². The Bertz CT molecular complexity index is 830. The number of hydrogen-bond acceptors (Lipinski definition) is 10. The molecule has 0 amide bonds. The molecule has 0 saturated carbocycles. The van der Waals surface area contributed by atoms with Gasteiger partial charge in [-0.2, -0.15) is 0 Å². The Hall–Kier alpha value is -3.84. The van der Waals surface area contributed by atoms with Crippen LogP contribution in [-0.4, -0.2) is 19.7 Å². The zero-order valence-corrected chi connectivity index (χ0v) is 13.6. The summed E-state index contributed by atoms with van der Waals surface area (Å²) in [7, 11) is 0. The Balaban J connectivity index is 0.000000483. The van der Waals surface area contributed by atoms with Crippen molar-refractivity contribution in [1.82, 2.24) is 0 Å². The third kappa shape index (κ3) is 6.18. The summed E-state index contributed by atoms with van der Waals surface area (Å²) in [4.78, 5) is 37.2. The molecule has 14 nitrogen and oxygen atoms in total. The average molecular weight is 430 g/mol. The van der Waals surface area contributed by atoms with Crippen LogP contribution < -0.4 is 10.2 Å². The molecule has 0 aliphatic heterocycles. The Kier molecular flexibility index (Phi) is 8.23. The second-order valence-corrected chi connectivity index (χ2v) is 4.33. The third-order valence-electron chi connectivity index (χ3n) is 2.70. The second kappa shape index (κ2) is 9.59. The molecule has 15 heteroatoms. The number of hydrogen-bond donors (Lipinski definition) is 0. The molecular formula is C12H6CuN4O10. The van der Waals surface area contributed by atoms with Gasteiger partial charge in [-0.05, 0) is 11.5 Å². The summed E-state index contributed by atoms with van der Waals surface area (Å²) in [6.45, 7) is 0. The SMILES string of the molecule is O=[N+]([O-])c1ccc([O-])c([N+](=O)[O-])c1.O=[N+]([O-])c1ccc([O-])c([N+](=O)[O-])c1.[Cu+2]. The van der Waals surface area contributed by atoms with Crippen LogP contribution >= 0.6 is 0 Å². The van der Waals surface area contributed by atoms with E-state index < -0.39 is 53.9 Å². The summed E-state index contributed by atoms with van der Waals surface area (Å²) in [6.07, 6.45) is 0. The van der Waals surface area contributed by atoms with E-state index >= 15 is 0 Å². The molecule has 0 aliphatic carbocycles. The molecule has 0 saturated heterocycles. The van der Waals surface area contributed by atoms with Crippen molar-refractivity contribution in [3.05, 3.63) is 76.9 Å². The summed E-state index contributed by atoms with van der Waals surface area (Å²) < 4.78 is 0. The third-order valence-corrected chi connectivity index (χ3v) is 2.70. The second-order valence-electron chi connectivity index (χ2n) is 4.33. The van der Waals surface area contributed by atoms with E-state index in [-0.39, 0.29) is 17.1 Å². The first kappa shape index (κ1) is 23.2. The summed E-state index contributed by atoms with van der Waals surface area (Å²) in [5.41, 5.74) is -2.50. The molecule has 1 radical (unpaired) electrons. The van der Waals surface area contributed by atoms with Crippen molar-refractivity contribution < 1.29 is 47.0 Å². The van der Waals surface area contributed by atoms with Crippen molar-refractivity contribution in [3.8, 4) is 11.5 Å². The molecular weight excluding hydrogens is 424 g/mol. The molecule has 2 aromatic rings. The van der Waals surface area contributed by atoms with E-state index in [1.54, 1.807) is 0 Å². The van der Waals surface area contributed by atoms with Crippen LogP contribution in [0.15, 0.2) is 36.4 Å². The molecule has 0 spiro atoms. The molecule has 27 heavy (non-hydrogen) atoms. The Morgan fingerprint density at radius 3 is 1.07 bits per heavy atom. The Morgan fingerprint density at radius 1 is 0.556 bits per heavy atom. The molecule has 0 bridgehead atoms. The van der Waals surface area contributed by atoms with Gasteiger partial charge >= 0.3 is 17.1 Å². The van der Waals surface area contributed by atoms with E-state index in [2.05, 4.69) is 0 Å². The molecule has 0 atom stereocenters. The minimum atomic E-state index is -0.949. The minimum absolute atomic E-state index is 0. The van der Waals surface area contributed by atoms with Gasteiger partial charge in [0.05, 0.1) is 31.8 Å². The van der Waals surface area contributed by atoms with Gasteiger partial charge in [0.2, 0.25) is 0 Å². The molecule has 0 aliphatic rings. The first-order valence-corrected chi connectivity index (χ1v) is 6.24. The summed E-state index contributed by atoms with van der Waals surface area (Å²) in [5, 5.41) is 62.2. The van der Waals surface area contributed by atoms with E-state index in [1.807, 2.05) is 0 Å². The number of nitro benzene ring substituents is 4. The van der Waals surface area contributed by atoms with Crippen LogP contribution in [0.5, 0.6) is 11.5 Å². The van der Waals surface area contributed by atoms with E-state index in [4.69, 9.17) is 0 Å². The zero-order valence-electron chi connectivity index (χ0n) is 12.6. The van der Waals surface area contributed by atoms with E-state index in [0.29, 0.717) is 12.1 Å². The molecule has 0 heterocycles. The topological polar surface area (TPSA) is 219 Å². The van der Waals surface area contributed by atoms with Crippen LogP contribution in [-0.2, 0) is 17.1 Å². The Labute approximate surface area is 158 Å². The summed E-state index contributed by atoms with van der Waals surface area (Å²) in [6, 6.07) is 4.74. The largest absolute Gasteiger partial charge is 2.00 e. The van der Waals surface area contributed by atoms with Gasteiger partial charge in [-0.3, -0.25) is 40.5 Å². The predicted octanol–water partition coefficient (Wildman–Crippen LogP) is 1.15. The maximum Gasteiger partial charge on any atom is 2.00 e. The maximum absolute atomic E-state index is 10.8. The fraction of sp³-hybridized carbons (Fsp3) is 0. The normalized spacial score (nSPS) is 9.19. The zero-order chi connectivity index (χ0) is 20.0. The number of nitrogens with zero attached hydrogens (tertiary/aromatic N) is 4. The number of benzene rings is 2. The van der Waals surface area contributed by atoms with E-state index in [9.17, 15) is 50.7 Å². The van der Waals surface area contributed by atoms with Crippen LogP contribution in [0.1, 0.15) is 0 Å². The van der Waals surface area contributed by atoms with Gasteiger partial charge < -0.3 is 10.2 Å². The molecule has 0 fully saturated rings. The standard InChI is InChI=1S/2C6H4N2O5.Cu/c2*9-6-2-1-4(7(10)11)3-5(6)8(12)13;/h2*1-3,9H;/q;;+2/p-2. The van der Waals surface area contributed by atoms with E-state index in [1.165, 1.54) is 0 Å². The van der Waals surface area contributed by atoms with Gasteiger partial charge in [-0.1, -0.05) is 12.1 Å². The number of rotatable bonds is 4.